The molecule has 0 saturated carbocycles. The monoisotopic (exact) mass is 395 g/mol. The van der Waals surface area contributed by atoms with E-state index in [9.17, 15) is 27.5 Å². The minimum absolute atomic E-state index is 0.173. The molecule has 1 aliphatic rings. The van der Waals surface area contributed by atoms with Crippen LogP contribution in [0.1, 0.15) is 42.4 Å². The lowest BCUT2D eigenvalue weighted by Gasteiger charge is -2.28. The van der Waals surface area contributed by atoms with Crippen molar-refractivity contribution in [1.29, 1.82) is 0 Å². The first kappa shape index (κ1) is 20.3. The van der Waals surface area contributed by atoms with Gasteiger partial charge in [0.15, 0.2) is 0 Å². The van der Waals surface area contributed by atoms with Gasteiger partial charge >= 0.3 is 12.0 Å². The largest absolute Gasteiger partial charge is 0.453 e. The molecule has 7 heteroatoms. The minimum Gasteiger partial charge on any atom is -0.351 e. The molecule has 1 unspecified atom stereocenters. The number of benzene rings is 2. The number of hydrogen-bond donors (Lipinski definition) is 1. The maximum absolute atomic E-state index is 14.0. The van der Waals surface area contributed by atoms with Crippen molar-refractivity contribution in [3.05, 3.63) is 65.2 Å². The van der Waals surface area contributed by atoms with Crippen LogP contribution in [0.25, 0.3) is 0 Å². The van der Waals surface area contributed by atoms with E-state index in [-0.39, 0.29) is 5.91 Å². The smallest absolute Gasteiger partial charge is 0.351 e. The summed E-state index contributed by atoms with van der Waals surface area (Å²) in [7, 11) is 0. The summed E-state index contributed by atoms with van der Waals surface area (Å²) >= 11 is 0. The summed E-state index contributed by atoms with van der Waals surface area (Å²) in [5.41, 5.74) is 0.852. The Bertz CT molecular complexity index is 849. The lowest BCUT2D eigenvalue weighted by Crippen LogP contribution is -2.38. The number of fused-ring (bicyclic) bond motifs is 1. The Balaban J connectivity index is 1.96. The van der Waals surface area contributed by atoms with Crippen LogP contribution in [0.5, 0.6) is 0 Å². The Morgan fingerprint density at radius 1 is 1.07 bits per heavy atom. The number of aliphatic hydroxyl groups is 1. The summed E-state index contributed by atoms with van der Waals surface area (Å²) in [4.78, 5) is 14.6. The number of halogens is 4. The predicted octanol–water partition coefficient (Wildman–Crippen LogP) is 4.84. The molecule has 0 spiro atoms. The van der Waals surface area contributed by atoms with Gasteiger partial charge in [0.25, 0.3) is 0 Å². The summed E-state index contributed by atoms with van der Waals surface area (Å²) in [5, 5.41) is 9.33. The van der Waals surface area contributed by atoms with E-state index < -0.39 is 23.5 Å². The van der Waals surface area contributed by atoms with Gasteiger partial charge in [0.2, 0.25) is 5.91 Å². The molecule has 150 valence electrons. The highest BCUT2D eigenvalue weighted by molar-refractivity contribution is 5.98. The summed E-state index contributed by atoms with van der Waals surface area (Å²) in [6, 6.07) is 12.4. The average Bonchev–Trinajstić information content (AvgIpc) is 2.88. The number of hydrogen-bond acceptors (Lipinski definition) is 2. The van der Waals surface area contributed by atoms with Crippen LogP contribution in [0.4, 0.5) is 23.2 Å². The molecule has 0 aromatic heterocycles. The fraction of sp³-hybridized carbons (Fsp3) is 0.381. The Kier molecular flexibility index (Phi) is 5.48. The molecule has 0 fully saturated rings. The Labute approximate surface area is 160 Å². The second kappa shape index (κ2) is 7.54. The topological polar surface area (TPSA) is 40.5 Å². The Morgan fingerprint density at radius 3 is 2.39 bits per heavy atom. The standard InChI is InChI=1S/C21H21F4NO2/c1-14(15-7-3-2-4-8-15)19(27)26-12-6-5-9-16-13-17(10-11-18(16)26)20(22,28)21(23,24)25/h2-4,7-8,10-11,13-14,28H,5-6,9,12H2,1H3/t14-,20?/m0/s1. The number of alkyl halides is 4. The van der Waals surface area contributed by atoms with Gasteiger partial charge in [-0.05, 0) is 49.4 Å². The molecule has 2 atom stereocenters. The molecule has 0 saturated heterocycles. The van der Waals surface area contributed by atoms with Crippen LogP contribution >= 0.6 is 0 Å². The second-order valence-electron chi connectivity index (χ2n) is 7.04. The Hall–Kier alpha value is -2.41. The molecule has 1 aliphatic heterocycles. The minimum atomic E-state index is -5.44. The Morgan fingerprint density at radius 2 is 1.75 bits per heavy atom. The molecule has 1 heterocycles. The van der Waals surface area contributed by atoms with Gasteiger partial charge in [0, 0.05) is 17.8 Å². The first-order valence-corrected chi connectivity index (χ1v) is 9.10. The van der Waals surface area contributed by atoms with E-state index in [1.165, 1.54) is 6.07 Å². The summed E-state index contributed by atoms with van der Waals surface area (Å²) in [6.07, 6.45) is -3.71. The van der Waals surface area contributed by atoms with Crippen molar-refractivity contribution in [2.24, 2.45) is 0 Å². The van der Waals surface area contributed by atoms with E-state index in [1.54, 1.807) is 11.8 Å². The van der Waals surface area contributed by atoms with E-state index >= 15 is 0 Å². The van der Waals surface area contributed by atoms with Crippen molar-refractivity contribution in [3.8, 4) is 0 Å². The van der Waals surface area contributed by atoms with Gasteiger partial charge in [0.1, 0.15) is 0 Å². The van der Waals surface area contributed by atoms with Gasteiger partial charge in [-0.3, -0.25) is 4.79 Å². The van der Waals surface area contributed by atoms with Crippen LogP contribution in [0.15, 0.2) is 48.5 Å². The van der Waals surface area contributed by atoms with Crippen molar-refractivity contribution in [2.75, 3.05) is 11.4 Å². The molecule has 3 nitrogen and oxygen atoms in total. The lowest BCUT2D eigenvalue weighted by atomic mass is 9.97. The van der Waals surface area contributed by atoms with Crippen LogP contribution < -0.4 is 4.90 Å². The van der Waals surface area contributed by atoms with E-state index in [4.69, 9.17) is 0 Å². The van der Waals surface area contributed by atoms with Gasteiger partial charge in [-0.15, -0.1) is 0 Å². The quantitative estimate of drug-likeness (QED) is 0.756. The number of amides is 1. The van der Waals surface area contributed by atoms with E-state index in [2.05, 4.69) is 0 Å². The molecule has 3 rings (SSSR count). The fourth-order valence-electron chi connectivity index (χ4n) is 3.47. The highest BCUT2D eigenvalue weighted by Crippen LogP contribution is 2.42. The number of rotatable bonds is 3. The number of anilines is 1. The highest BCUT2D eigenvalue weighted by Gasteiger charge is 2.56. The van der Waals surface area contributed by atoms with Crippen molar-refractivity contribution in [2.45, 2.75) is 44.1 Å². The summed E-state index contributed by atoms with van der Waals surface area (Å²) < 4.78 is 52.5. The zero-order valence-electron chi connectivity index (χ0n) is 15.3. The van der Waals surface area contributed by atoms with Crippen molar-refractivity contribution in [1.82, 2.24) is 0 Å². The molecule has 1 N–H and O–H groups in total. The molecular weight excluding hydrogens is 374 g/mol. The van der Waals surface area contributed by atoms with Crippen molar-refractivity contribution >= 4 is 11.6 Å². The highest BCUT2D eigenvalue weighted by atomic mass is 19.4. The zero-order valence-corrected chi connectivity index (χ0v) is 15.3. The third-order valence-electron chi connectivity index (χ3n) is 5.14. The van der Waals surface area contributed by atoms with E-state index in [0.717, 1.165) is 17.7 Å². The molecule has 2 aromatic carbocycles. The fourth-order valence-corrected chi connectivity index (χ4v) is 3.47. The first-order valence-electron chi connectivity index (χ1n) is 9.10. The number of nitrogens with zero attached hydrogens (tertiary/aromatic N) is 1. The molecule has 0 radical (unpaired) electrons. The molecule has 1 amide bonds. The van der Waals surface area contributed by atoms with Crippen LogP contribution in [0.3, 0.4) is 0 Å². The van der Waals surface area contributed by atoms with Gasteiger partial charge in [-0.2, -0.15) is 17.6 Å². The van der Waals surface area contributed by atoms with Crippen LogP contribution in [-0.2, 0) is 17.1 Å². The van der Waals surface area contributed by atoms with Crippen LogP contribution in [-0.4, -0.2) is 23.7 Å². The molecule has 0 aliphatic carbocycles. The van der Waals surface area contributed by atoms with Gasteiger partial charge in [0.05, 0.1) is 5.92 Å². The summed E-state index contributed by atoms with van der Waals surface area (Å²) in [5.74, 6) is -5.03. The summed E-state index contributed by atoms with van der Waals surface area (Å²) in [6.45, 7) is 2.21. The lowest BCUT2D eigenvalue weighted by molar-refractivity contribution is -0.323. The first-order chi connectivity index (χ1) is 13.1. The van der Waals surface area contributed by atoms with Crippen LogP contribution in [0.2, 0.25) is 0 Å². The van der Waals surface area contributed by atoms with Crippen molar-refractivity contribution < 1.29 is 27.5 Å². The van der Waals surface area contributed by atoms with Crippen molar-refractivity contribution in [3.63, 3.8) is 0 Å². The number of aryl methyl sites for hydroxylation is 1. The number of carbonyl (C=O) groups excluding carboxylic acids is 1. The van der Waals surface area contributed by atoms with Gasteiger partial charge in [-0.1, -0.05) is 36.4 Å². The van der Waals surface area contributed by atoms with Gasteiger partial charge < -0.3 is 10.0 Å². The van der Waals surface area contributed by atoms with Gasteiger partial charge in [-0.25, -0.2) is 0 Å². The third-order valence-corrected chi connectivity index (χ3v) is 5.14. The zero-order chi connectivity index (χ0) is 20.5. The maximum Gasteiger partial charge on any atom is 0.453 e. The third kappa shape index (κ3) is 3.76. The van der Waals surface area contributed by atoms with E-state index in [1.807, 2.05) is 30.3 Å². The molecule has 0 bridgehead atoms. The average molecular weight is 395 g/mol. The molecule has 28 heavy (non-hydrogen) atoms. The normalized spacial score (nSPS) is 18.0. The molecule has 2 aromatic rings. The SMILES string of the molecule is C[C@H](C(=O)N1CCCCc2cc(C(O)(F)C(F)(F)F)ccc21)c1ccccc1. The van der Waals surface area contributed by atoms with Crippen LogP contribution in [0, 0.1) is 0 Å². The predicted molar refractivity (Wildman–Crippen MR) is 97.6 cm³/mol. The number of carbonyl (C=O) groups is 1. The maximum atomic E-state index is 14.0. The second-order valence-corrected chi connectivity index (χ2v) is 7.04. The molecular formula is C21H21F4NO2. The van der Waals surface area contributed by atoms with E-state index in [0.29, 0.717) is 37.1 Å².